The Balaban J connectivity index is 0.00000363. The molecule has 3 rings (SSSR count). The lowest BCUT2D eigenvalue weighted by Gasteiger charge is -2.21. The largest absolute Gasteiger partial charge is 0.493 e. The third kappa shape index (κ3) is 7.55. The Labute approximate surface area is 193 Å². The fourth-order valence-electron chi connectivity index (χ4n) is 3.17. The number of hydrogen-bond acceptors (Lipinski definition) is 5. The molecule has 1 heterocycles. The van der Waals surface area contributed by atoms with Crippen LogP contribution in [0.2, 0.25) is 0 Å². The van der Waals surface area contributed by atoms with E-state index >= 15 is 0 Å². The highest BCUT2D eigenvalue weighted by Gasteiger charge is 2.13. The maximum atomic E-state index is 13.3. The molecule has 0 saturated carbocycles. The van der Waals surface area contributed by atoms with Crippen LogP contribution in [0.25, 0.3) is 0 Å². The Morgan fingerprint density at radius 2 is 2.03 bits per heavy atom. The van der Waals surface area contributed by atoms with E-state index < -0.39 is 0 Å². The van der Waals surface area contributed by atoms with Crippen molar-refractivity contribution in [3.05, 3.63) is 77.6 Å². The number of carbonyl (C=O) groups excluding carboxylic acids is 1. The summed E-state index contributed by atoms with van der Waals surface area (Å²) in [4.78, 5) is 21.0. The summed E-state index contributed by atoms with van der Waals surface area (Å²) in [7, 11) is 3.22. The zero-order chi connectivity index (χ0) is 22.1. The lowest BCUT2D eigenvalue weighted by atomic mass is 10.1. The van der Waals surface area contributed by atoms with E-state index in [0.29, 0.717) is 31.1 Å². The summed E-state index contributed by atoms with van der Waals surface area (Å²) in [5.41, 5.74) is 2.75. The minimum absolute atomic E-state index is 0. The molecule has 0 spiro atoms. The van der Waals surface area contributed by atoms with Gasteiger partial charge in [-0.05, 0) is 41.8 Å². The van der Waals surface area contributed by atoms with Crippen LogP contribution in [0.3, 0.4) is 0 Å². The number of aromatic amines is 1. The quantitative estimate of drug-likeness (QED) is 0.457. The minimum Gasteiger partial charge on any atom is -0.493 e. The summed E-state index contributed by atoms with van der Waals surface area (Å²) in [6, 6.07) is 12.1. The summed E-state index contributed by atoms with van der Waals surface area (Å²) in [6.45, 7) is 1.82. The van der Waals surface area contributed by atoms with E-state index in [9.17, 15) is 9.18 Å². The normalized spacial score (nSPS) is 10.5. The number of halogens is 2. The molecule has 2 aromatic carbocycles. The first-order valence-corrected chi connectivity index (χ1v) is 10.0. The number of nitrogens with zero attached hydrogens (tertiary/aromatic N) is 2. The third-order valence-electron chi connectivity index (χ3n) is 4.82. The summed E-state index contributed by atoms with van der Waals surface area (Å²) in [6.07, 6.45) is 4.11. The summed E-state index contributed by atoms with van der Waals surface area (Å²) in [5, 5.41) is 2.66. The van der Waals surface area contributed by atoms with Crippen LogP contribution >= 0.6 is 12.4 Å². The third-order valence-corrected chi connectivity index (χ3v) is 4.82. The molecular formula is C23H28ClFN4O3. The molecule has 172 valence electrons. The lowest BCUT2D eigenvalue weighted by Crippen LogP contribution is -2.36. The van der Waals surface area contributed by atoms with Gasteiger partial charge < -0.3 is 19.8 Å². The number of nitrogens with one attached hydrogen (secondary N) is 2. The van der Waals surface area contributed by atoms with E-state index in [1.54, 1.807) is 32.7 Å². The minimum atomic E-state index is -0.292. The van der Waals surface area contributed by atoms with Crippen molar-refractivity contribution < 1.29 is 18.7 Å². The zero-order valence-electron chi connectivity index (χ0n) is 18.1. The number of carbonyl (C=O) groups is 1. The molecule has 0 bridgehead atoms. The fraction of sp³-hybridized carbons (Fsp3) is 0.304. The van der Waals surface area contributed by atoms with Crippen molar-refractivity contribution in [3.63, 3.8) is 0 Å². The molecule has 0 aliphatic rings. The second kappa shape index (κ2) is 12.7. The van der Waals surface area contributed by atoms with Crippen LogP contribution in [0.4, 0.5) is 4.39 Å². The Morgan fingerprint density at radius 3 is 2.72 bits per heavy atom. The second-order valence-electron chi connectivity index (χ2n) is 7.11. The molecule has 0 radical (unpaired) electrons. The molecule has 0 fully saturated rings. The number of ether oxygens (including phenoxy) is 2. The maximum absolute atomic E-state index is 13.3. The number of methoxy groups -OCH3 is 1. The molecule has 9 heteroatoms. The zero-order valence-corrected chi connectivity index (χ0v) is 19.0. The van der Waals surface area contributed by atoms with Gasteiger partial charge in [-0.25, -0.2) is 9.37 Å². The van der Waals surface area contributed by atoms with Crippen LogP contribution in [0.1, 0.15) is 16.8 Å². The van der Waals surface area contributed by atoms with Crippen LogP contribution < -0.4 is 14.8 Å². The van der Waals surface area contributed by atoms with Gasteiger partial charge in [0, 0.05) is 32.0 Å². The number of H-pyrrole nitrogens is 1. The van der Waals surface area contributed by atoms with Crippen LogP contribution in [-0.2, 0) is 24.4 Å². The fourth-order valence-corrected chi connectivity index (χ4v) is 3.17. The highest BCUT2D eigenvalue weighted by atomic mass is 35.5. The molecule has 0 aliphatic heterocycles. The molecule has 2 N–H and O–H groups in total. The predicted octanol–water partition coefficient (Wildman–Crippen LogP) is 3.35. The van der Waals surface area contributed by atoms with E-state index in [0.717, 1.165) is 23.2 Å². The number of benzene rings is 2. The number of rotatable bonds is 11. The van der Waals surface area contributed by atoms with Crippen LogP contribution in [0, 0.1) is 5.82 Å². The number of likely N-dealkylation sites (N-methyl/N-ethyl adjacent to an activating group) is 1. The average molecular weight is 463 g/mol. The Bertz CT molecular complexity index is 985. The van der Waals surface area contributed by atoms with Gasteiger partial charge in [0.15, 0.2) is 11.5 Å². The van der Waals surface area contributed by atoms with Gasteiger partial charge in [0.25, 0.3) is 0 Å². The van der Waals surface area contributed by atoms with Gasteiger partial charge in [-0.2, -0.15) is 0 Å². The molecule has 1 aromatic heterocycles. The topological polar surface area (TPSA) is 79.5 Å². The Hall–Kier alpha value is -3.10. The number of hydrogen-bond donors (Lipinski definition) is 2. The van der Waals surface area contributed by atoms with Crippen molar-refractivity contribution in [2.45, 2.75) is 19.6 Å². The molecule has 32 heavy (non-hydrogen) atoms. The van der Waals surface area contributed by atoms with Gasteiger partial charge in [-0.1, -0.05) is 18.2 Å². The van der Waals surface area contributed by atoms with E-state index in [2.05, 4.69) is 15.3 Å². The van der Waals surface area contributed by atoms with Crippen molar-refractivity contribution in [3.8, 4) is 11.5 Å². The molecule has 3 aromatic rings. The van der Waals surface area contributed by atoms with E-state index in [4.69, 9.17) is 9.47 Å². The smallest absolute Gasteiger partial charge is 0.233 e. The summed E-state index contributed by atoms with van der Waals surface area (Å²) < 4.78 is 24.7. The number of imidazole rings is 1. The van der Waals surface area contributed by atoms with Crippen LogP contribution in [0.5, 0.6) is 11.5 Å². The second-order valence-corrected chi connectivity index (χ2v) is 7.11. The van der Waals surface area contributed by atoms with Gasteiger partial charge in [0.1, 0.15) is 12.4 Å². The van der Waals surface area contributed by atoms with E-state index in [-0.39, 0.29) is 30.7 Å². The first-order chi connectivity index (χ1) is 15.1. The SMILES string of the molecule is CNC(=O)CN(CCc1ccc(OCc2cccc(F)c2)c(OC)c1)Cc1cnc[nH]1.Cl. The average Bonchev–Trinajstić information content (AvgIpc) is 3.29. The summed E-state index contributed by atoms with van der Waals surface area (Å²) in [5.74, 6) is 0.869. The predicted molar refractivity (Wildman–Crippen MR) is 123 cm³/mol. The standard InChI is InChI=1S/C23H27FN4O3.ClH/c1-25-23(29)14-28(13-20-12-26-16-27-20)9-8-17-6-7-21(22(11-17)30-2)31-15-18-4-3-5-19(24)10-18;/h3-7,10-12,16H,8-9,13-15H2,1-2H3,(H,25,29)(H,26,27);1H. The Morgan fingerprint density at radius 1 is 1.19 bits per heavy atom. The van der Waals surface area contributed by atoms with E-state index in [1.807, 2.05) is 29.2 Å². The molecule has 1 amide bonds. The molecule has 7 nitrogen and oxygen atoms in total. The Kier molecular flexibility index (Phi) is 9.97. The van der Waals surface area contributed by atoms with Crippen molar-refractivity contribution in [1.29, 1.82) is 0 Å². The van der Waals surface area contributed by atoms with Crippen LogP contribution in [-0.4, -0.2) is 48.0 Å². The monoisotopic (exact) mass is 462 g/mol. The van der Waals surface area contributed by atoms with Crippen molar-refractivity contribution >= 4 is 18.3 Å². The van der Waals surface area contributed by atoms with Gasteiger partial charge in [0.05, 0.1) is 20.0 Å². The first-order valence-electron chi connectivity index (χ1n) is 10.0. The van der Waals surface area contributed by atoms with E-state index in [1.165, 1.54) is 12.1 Å². The van der Waals surface area contributed by atoms with Gasteiger partial charge in [-0.15, -0.1) is 12.4 Å². The van der Waals surface area contributed by atoms with Gasteiger partial charge in [-0.3, -0.25) is 9.69 Å². The first kappa shape index (κ1) is 25.2. The molecular weight excluding hydrogens is 435 g/mol. The molecule has 0 unspecified atom stereocenters. The van der Waals surface area contributed by atoms with Gasteiger partial charge >= 0.3 is 0 Å². The highest BCUT2D eigenvalue weighted by Crippen LogP contribution is 2.29. The highest BCUT2D eigenvalue weighted by molar-refractivity contribution is 5.85. The van der Waals surface area contributed by atoms with Crippen molar-refractivity contribution in [2.24, 2.45) is 0 Å². The molecule has 0 saturated heterocycles. The van der Waals surface area contributed by atoms with Crippen LogP contribution in [0.15, 0.2) is 55.0 Å². The van der Waals surface area contributed by atoms with Crippen molar-refractivity contribution in [2.75, 3.05) is 27.2 Å². The molecule has 0 aliphatic carbocycles. The number of amides is 1. The van der Waals surface area contributed by atoms with Gasteiger partial charge in [0.2, 0.25) is 5.91 Å². The lowest BCUT2D eigenvalue weighted by molar-refractivity contribution is -0.121. The molecule has 0 atom stereocenters. The maximum Gasteiger partial charge on any atom is 0.233 e. The number of aromatic nitrogens is 2. The summed E-state index contributed by atoms with van der Waals surface area (Å²) >= 11 is 0. The van der Waals surface area contributed by atoms with Crippen molar-refractivity contribution in [1.82, 2.24) is 20.2 Å².